The minimum absolute atomic E-state index is 0.101. The zero-order valence-corrected chi connectivity index (χ0v) is 12.1. The molecule has 0 unspecified atom stereocenters. The number of nitrogen functional groups attached to an aromatic ring is 1. The van der Waals surface area contributed by atoms with Gasteiger partial charge in [0.15, 0.2) is 0 Å². The Morgan fingerprint density at radius 2 is 2.24 bits per heavy atom. The van der Waals surface area contributed by atoms with Gasteiger partial charge in [0.1, 0.15) is 10.8 Å². The molecule has 0 aliphatic rings. The highest BCUT2D eigenvalue weighted by Gasteiger charge is 2.07. The summed E-state index contributed by atoms with van der Waals surface area (Å²) in [6.07, 6.45) is 2.13. The van der Waals surface area contributed by atoms with Crippen molar-refractivity contribution >= 4 is 27.4 Å². The van der Waals surface area contributed by atoms with E-state index in [-0.39, 0.29) is 5.56 Å². The van der Waals surface area contributed by atoms with Crippen LogP contribution in [0.1, 0.15) is 5.01 Å². The molecule has 108 valence electrons. The Labute approximate surface area is 124 Å². The molecule has 2 aromatic heterocycles. The van der Waals surface area contributed by atoms with Crippen molar-refractivity contribution in [1.82, 2.24) is 19.7 Å². The smallest absolute Gasteiger partial charge is 0.261 e. The van der Waals surface area contributed by atoms with Crippen LogP contribution >= 0.6 is 11.3 Å². The van der Waals surface area contributed by atoms with Crippen LogP contribution in [0.25, 0.3) is 10.9 Å². The second kappa shape index (κ2) is 5.49. The van der Waals surface area contributed by atoms with Crippen molar-refractivity contribution in [2.75, 3.05) is 12.8 Å². The number of aryl methyl sites for hydroxylation is 2. The summed E-state index contributed by atoms with van der Waals surface area (Å²) in [5, 5.41) is 9.45. The molecule has 1 aromatic carbocycles. The number of ether oxygens (including phenoxy) is 1. The lowest BCUT2D eigenvalue weighted by Crippen LogP contribution is -2.21. The molecule has 0 saturated heterocycles. The number of hydrogen-bond acceptors (Lipinski definition) is 7. The van der Waals surface area contributed by atoms with Crippen LogP contribution in [0.2, 0.25) is 0 Å². The Balaban J connectivity index is 1.92. The Morgan fingerprint density at radius 3 is 2.95 bits per heavy atom. The van der Waals surface area contributed by atoms with E-state index in [0.29, 0.717) is 34.7 Å². The highest BCUT2D eigenvalue weighted by atomic mass is 32.1. The molecule has 0 aliphatic carbocycles. The van der Waals surface area contributed by atoms with Crippen LogP contribution in [0.5, 0.6) is 5.75 Å². The minimum Gasteiger partial charge on any atom is -0.497 e. The van der Waals surface area contributed by atoms with E-state index in [9.17, 15) is 4.79 Å². The molecule has 0 radical (unpaired) electrons. The molecule has 3 rings (SSSR count). The van der Waals surface area contributed by atoms with Crippen molar-refractivity contribution in [3.8, 4) is 5.75 Å². The number of methoxy groups -OCH3 is 1. The molecule has 0 aliphatic heterocycles. The Morgan fingerprint density at radius 1 is 1.38 bits per heavy atom. The van der Waals surface area contributed by atoms with Gasteiger partial charge in [-0.2, -0.15) is 0 Å². The molecule has 8 heteroatoms. The largest absolute Gasteiger partial charge is 0.497 e. The normalized spacial score (nSPS) is 10.9. The fraction of sp³-hybridized carbons (Fsp3) is 0.231. The van der Waals surface area contributed by atoms with Crippen LogP contribution in [0.3, 0.4) is 0 Å². The van der Waals surface area contributed by atoms with E-state index in [1.807, 2.05) is 0 Å². The fourth-order valence-electron chi connectivity index (χ4n) is 2.01. The van der Waals surface area contributed by atoms with Gasteiger partial charge in [-0.25, -0.2) is 4.98 Å². The average molecular weight is 303 g/mol. The van der Waals surface area contributed by atoms with Crippen molar-refractivity contribution < 1.29 is 4.74 Å². The zero-order chi connectivity index (χ0) is 14.8. The maximum absolute atomic E-state index is 12.4. The molecular weight excluding hydrogens is 290 g/mol. The van der Waals surface area contributed by atoms with Gasteiger partial charge >= 0.3 is 0 Å². The summed E-state index contributed by atoms with van der Waals surface area (Å²) in [6.45, 7) is 0.480. The molecule has 2 N–H and O–H groups in total. The molecule has 0 bridgehead atoms. The number of rotatable bonds is 4. The first-order chi connectivity index (χ1) is 10.2. The van der Waals surface area contributed by atoms with Crippen LogP contribution in [0, 0.1) is 0 Å². The van der Waals surface area contributed by atoms with Gasteiger partial charge in [-0.3, -0.25) is 9.36 Å². The van der Waals surface area contributed by atoms with Gasteiger partial charge in [0.2, 0.25) is 5.13 Å². The lowest BCUT2D eigenvalue weighted by Gasteiger charge is -2.06. The van der Waals surface area contributed by atoms with Gasteiger partial charge in [-0.05, 0) is 18.2 Å². The van der Waals surface area contributed by atoms with E-state index in [1.165, 1.54) is 11.3 Å². The maximum atomic E-state index is 12.4. The van der Waals surface area contributed by atoms with Gasteiger partial charge < -0.3 is 10.5 Å². The second-order valence-electron chi connectivity index (χ2n) is 4.41. The first kappa shape index (κ1) is 13.5. The van der Waals surface area contributed by atoms with E-state index in [4.69, 9.17) is 10.5 Å². The van der Waals surface area contributed by atoms with E-state index < -0.39 is 0 Å². The standard InChI is InChI=1S/C13H13N5O2S/c1-20-8-2-3-10-9(6-8)12(19)18(7-15-10)5-4-11-16-17-13(14)21-11/h2-3,6-7H,4-5H2,1H3,(H2,14,17). The maximum Gasteiger partial charge on any atom is 0.261 e. The Kier molecular flexibility index (Phi) is 3.53. The highest BCUT2D eigenvalue weighted by molar-refractivity contribution is 7.15. The third kappa shape index (κ3) is 2.70. The Hall–Kier alpha value is -2.48. The molecule has 21 heavy (non-hydrogen) atoms. The number of fused-ring (bicyclic) bond motifs is 1. The summed E-state index contributed by atoms with van der Waals surface area (Å²) < 4.78 is 6.70. The third-order valence-electron chi connectivity index (χ3n) is 3.08. The topological polar surface area (TPSA) is 95.9 Å². The fourth-order valence-corrected chi connectivity index (χ4v) is 2.61. The van der Waals surface area contributed by atoms with E-state index in [0.717, 1.165) is 5.01 Å². The lowest BCUT2D eigenvalue weighted by atomic mass is 10.2. The summed E-state index contributed by atoms with van der Waals surface area (Å²) in [4.78, 5) is 16.7. The van der Waals surface area contributed by atoms with Gasteiger partial charge in [0.25, 0.3) is 5.56 Å². The molecule has 3 aromatic rings. The predicted molar refractivity (Wildman–Crippen MR) is 80.6 cm³/mol. The number of nitrogens with zero attached hydrogens (tertiary/aromatic N) is 4. The van der Waals surface area contributed by atoms with Gasteiger partial charge in [-0.1, -0.05) is 11.3 Å². The lowest BCUT2D eigenvalue weighted by molar-refractivity contribution is 0.415. The van der Waals surface area contributed by atoms with Crippen molar-refractivity contribution in [2.24, 2.45) is 0 Å². The SMILES string of the molecule is COc1ccc2ncn(CCc3nnc(N)s3)c(=O)c2c1. The second-order valence-corrected chi connectivity index (χ2v) is 5.50. The Bertz CT molecular complexity index is 842. The number of anilines is 1. The summed E-state index contributed by atoms with van der Waals surface area (Å²) in [7, 11) is 1.57. The van der Waals surface area contributed by atoms with Gasteiger partial charge in [0, 0.05) is 13.0 Å². The molecule has 0 spiro atoms. The summed E-state index contributed by atoms with van der Waals surface area (Å²) in [5.74, 6) is 0.635. The van der Waals surface area contributed by atoms with Gasteiger partial charge in [-0.15, -0.1) is 10.2 Å². The summed E-state index contributed by atoms with van der Waals surface area (Å²) >= 11 is 1.32. The molecule has 7 nitrogen and oxygen atoms in total. The molecule has 0 fully saturated rings. The minimum atomic E-state index is -0.101. The predicted octanol–water partition coefficient (Wildman–Crippen LogP) is 1.08. The average Bonchev–Trinajstić information content (AvgIpc) is 2.92. The van der Waals surface area contributed by atoms with Crippen molar-refractivity contribution in [3.05, 3.63) is 39.9 Å². The quantitative estimate of drug-likeness (QED) is 0.775. The van der Waals surface area contributed by atoms with Crippen LogP contribution < -0.4 is 16.0 Å². The first-order valence-corrected chi connectivity index (χ1v) is 7.10. The number of aromatic nitrogens is 4. The van der Waals surface area contributed by atoms with Crippen LogP contribution in [-0.2, 0) is 13.0 Å². The zero-order valence-electron chi connectivity index (χ0n) is 11.3. The molecule has 0 atom stereocenters. The monoisotopic (exact) mass is 303 g/mol. The number of hydrogen-bond donors (Lipinski definition) is 1. The summed E-state index contributed by atoms with van der Waals surface area (Å²) in [6, 6.07) is 5.25. The summed E-state index contributed by atoms with van der Waals surface area (Å²) in [5.41, 5.74) is 6.08. The van der Waals surface area contributed by atoms with Gasteiger partial charge in [0.05, 0.1) is 24.3 Å². The first-order valence-electron chi connectivity index (χ1n) is 6.28. The van der Waals surface area contributed by atoms with E-state index in [2.05, 4.69) is 15.2 Å². The van der Waals surface area contributed by atoms with Crippen molar-refractivity contribution in [2.45, 2.75) is 13.0 Å². The van der Waals surface area contributed by atoms with Crippen molar-refractivity contribution in [1.29, 1.82) is 0 Å². The molecule has 2 heterocycles. The van der Waals surface area contributed by atoms with Crippen LogP contribution in [-0.4, -0.2) is 26.9 Å². The van der Waals surface area contributed by atoms with Crippen molar-refractivity contribution in [3.63, 3.8) is 0 Å². The highest BCUT2D eigenvalue weighted by Crippen LogP contribution is 2.16. The third-order valence-corrected chi connectivity index (χ3v) is 3.89. The molecular formula is C13H13N5O2S. The molecule has 0 saturated carbocycles. The van der Waals surface area contributed by atoms with E-state index in [1.54, 1.807) is 36.2 Å². The van der Waals surface area contributed by atoms with Crippen LogP contribution in [0.4, 0.5) is 5.13 Å². The van der Waals surface area contributed by atoms with E-state index >= 15 is 0 Å². The van der Waals surface area contributed by atoms with Crippen LogP contribution in [0.15, 0.2) is 29.3 Å². The molecule has 0 amide bonds. The number of benzene rings is 1. The number of nitrogens with two attached hydrogens (primary N) is 1.